The molecule has 0 saturated heterocycles. The Labute approximate surface area is 91.7 Å². The van der Waals surface area contributed by atoms with Gasteiger partial charge in [0.25, 0.3) is 0 Å². The summed E-state index contributed by atoms with van der Waals surface area (Å²) in [5.41, 5.74) is 12.0. The van der Waals surface area contributed by atoms with Crippen LogP contribution in [0.2, 0.25) is 0 Å². The van der Waals surface area contributed by atoms with Crippen molar-refractivity contribution in [3.8, 4) is 5.75 Å². The van der Waals surface area contributed by atoms with Crippen molar-refractivity contribution in [2.24, 2.45) is 11.5 Å². The molecule has 0 aliphatic heterocycles. The maximum absolute atomic E-state index is 9.18. The number of phenolic OH excluding ortho intramolecular Hbond substituents is 1. The third-order valence-electron chi connectivity index (χ3n) is 1.65. The summed E-state index contributed by atoms with van der Waals surface area (Å²) in [7, 11) is 0. The normalized spacial score (nSPS) is 11.9. The number of phenols is 1. The summed E-state index contributed by atoms with van der Waals surface area (Å²) < 4.78 is 0.643. The molecule has 3 nitrogen and oxygen atoms in total. The lowest BCUT2D eigenvalue weighted by Gasteiger charge is -2.09. The molecule has 0 bridgehead atoms. The van der Waals surface area contributed by atoms with E-state index in [1.54, 1.807) is 18.2 Å². The predicted molar refractivity (Wildman–Crippen MR) is 59.0 cm³/mol. The zero-order valence-electron chi connectivity index (χ0n) is 6.90. The predicted octanol–water partition coefficient (Wildman–Crippen LogP) is 1.53. The number of benzene rings is 1. The molecule has 1 aromatic rings. The second-order valence-electron chi connectivity index (χ2n) is 2.55. The molecule has 0 amide bonds. The van der Waals surface area contributed by atoms with Gasteiger partial charge in [0.2, 0.25) is 0 Å². The molecule has 5 N–H and O–H groups in total. The Hall–Kier alpha value is -0.290. The molecule has 0 heterocycles. The summed E-state index contributed by atoms with van der Waals surface area (Å²) in [5.74, 6) is 0.211. The van der Waals surface area contributed by atoms with Crippen LogP contribution in [0, 0.1) is 0 Å². The smallest absolute Gasteiger partial charge is 0.129 e. The Bertz CT molecular complexity index is 283. The molecular formula is C8H12BrClN2O. The van der Waals surface area contributed by atoms with Crippen LogP contribution in [-0.2, 0) is 0 Å². The van der Waals surface area contributed by atoms with Gasteiger partial charge in [-0.1, -0.05) is 6.07 Å². The zero-order chi connectivity index (χ0) is 9.14. The summed E-state index contributed by atoms with van der Waals surface area (Å²) in [6.07, 6.45) is 0. The minimum absolute atomic E-state index is 0. The van der Waals surface area contributed by atoms with Crippen molar-refractivity contribution < 1.29 is 5.11 Å². The lowest BCUT2D eigenvalue weighted by Crippen LogP contribution is -2.20. The standard InChI is InChI=1S/C8H11BrN2O.ClH/c9-6-3-5(7(11)4-10)1-2-8(6)12;/h1-3,7,12H,4,10-11H2;1H/t7-;/m0./s1. The molecule has 1 aromatic carbocycles. The first-order valence-electron chi connectivity index (χ1n) is 3.59. The van der Waals surface area contributed by atoms with Crippen molar-refractivity contribution in [2.45, 2.75) is 6.04 Å². The van der Waals surface area contributed by atoms with E-state index in [2.05, 4.69) is 15.9 Å². The Kier molecular flexibility index (Phi) is 5.32. The minimum atomic E-state index is -0.165. The molecule has 1 atom stereocenters. The van der Waals surface area contributed by atoms with E-state index in [1.165, 1.54) is 0 Å². The van der Waals surface area contributed by atoms with Crippen LogP contribution in [0.5, 0.6) is 5.75 Å². The van der Waals surface area contributed by atoms with Gasteiger partial charge in [-0.05, 0) is 33.6 Å². The number of halogens is 2. The fourth-order valence-corrected chi connectivity index (χ4v) is 1.29. The molecule has 74 valence electrons. The highest BCUT2D eigenvalue weighted by Gasteiger charge is 2.05. The highest BCUT2D eigenvalue weighted by molar-refractivity contribution is 9.10. The van der Waals surface area contributed by atoms with Gasteiger partial charge in [0, 0.05) is 12.6 Å². The molecule has 0 unspecified atom stereocenters. The van der Waals surface area contributed by atoms with E-state index in [4.69, 9.17) is 11.5 Å². The Morgan fingerprint density at radius 3 is 2.54 bits per heavy atom. The van der Waals surface area contributed by atoms with E-state index in [1.807, 2.05) is 0 Å². The SMILES string of the molecule is Cl.NC[C@H](N)c1ccc(O)c(Br)c1. The van der Waals surface area contributed by atoms with E-state index in [0.29, 0.717) is 11.0 Å². The van der Waals surface area contributed by atoms with Crippen molar-refractivity contribution in [3.63, 3.8) is 0 Å². The van der Waals surface area contributed by atoms with Crippen LogP contribution in [0.3, 0.4) is 0 Å². The van der Waals surface area contributed by atoms with Crippen molar-refractivity contribution in [2.75, 3.05) is 6.54 Å². The van der Waals surface area contributed by atoms with E-state index >= 15 is 0 Å². The van der Waals surface area contributed by atoms with Gasteiger partial charge in [-0.3, -0.25) is 0 Å². The Balaban J connectivity index is 0.00000144. The molecule has 0 aliphatic carbocycles. The summed E-state index contributed by atoms with van der Waals surface area (Å²) in [5, 5.41) is 9.18. The average molecular weight is 268 g/mol. The van der Waals surface area contributed by atoms with Crippen LogP contribution >= 0.6 is 28.3 Å². The summed E-state index contributed by atoms with van der Waals surface area (Å²) in [6.45, 7) is 0.400. The van der Waals surface area contributed by atoms with Crippen molar-refractivity contribution in [1.82, 2.24) is 0 Å². The van der Waals surface area contributed by atoms with Gasteiger partial charge in [0.15, 0.2) is 0 Å². The van der Waals surface area contributed by atoms with Crippen LogP contribution in [0.25, 0.3) is 0 Å². The molecule has 0 aliphatic rings. The van der Waals surface area contributed by atoms with Crippen molar-refractivity contribution in [1.29, 1.82) is 0 Å². The fraction of sp³-hybridized carbons (Fsp3) is 0.250. The van der Waals surface area contributed by atoms with Gasteiger partial charge < -0.3 is 16.6 Å². The Morgan fingerprint density at radius 1 is 1.46 bits per heavy atom. The number of aromatic hydroxyl groups is 1. The fourth-order valence-electron chi connectivity index (χ4n) is 0.890. The van der Waals surface area contributed by atoms with Gasteiger partial charge in [0.1, 0.15) is 5.75 Å². The number of nitrogens with two attached hydrogens (primary N) is 2. The highest BCUT2D eigenvalue weighted by atomic mass is 79.9. The quantitative estimate of drug-likeness (QED) is 0.761. The minimum Gasteiger partial charge on any atom is -0.507 e. The van der Waals surface area contributed by atoms with E-state index in [-0.39, 0.29) is 24.2 Å². The van der Waals surface area contributed by atoms with Gasteiger partial charge in [-0.15, -0.1) is 12.4 Å². The van der Waals surface area contributed by atoms with Gasteiger partial charge in [0.05, 0.1) is 4.47 Å². The van der Waals surface area contributed by atoms with Gasteiger partial charge in [-0.25, -0.2) is 0 Å². The first-order chi connectivity index (χ1) is 5.65. The lowest BCUT2D eigenvalue weighted by atomic mass is 10.1. The molecular weight excluding hydrogens is 255 g/mol. The van der Waals surface area contributed by atoms with Crippen LogP contribution in [-0.4, -0.2) is 11.7 Å². The largest absolute Gasteiger partial charge is 0.507 e. The first-order valence-corrected chi connectivity index (χ1v) is 4.38. The van der Waals surface area contributed by atoms with Gasteiger partial charge in [-0.2, -0.15) is 0 Å². The molecule has 0 spiro atoms. The average Bonchev–Trinajstić information content (AvgIpc) is 2.08. The number of rotatable bonds is 2. The molecule has 0 fully saturated rings. The summed E-state index contributed by atoms with van der Waals surface area (Å²) >= 11 is 3.20. The monoisotopic (exact) mass is 266 g/mol. The third-order valence-corrected chi connectivity index (χ3v) is 2.29. The maximum Gasteiger partial charge on any atom is 0.129 e. The van der Waals surface area contributed by atoms with E-state index in [9.17, 15) is 5.11 Å². The Morgan fingerprint density at radius 2 is 2.08 bits per heavy atom. The summed E-state index contributed by atoms with van der Waals surface area (Å²) in [4.78, 5) is 0. The van der Waals surface area contributed by atoms with E-state index in [0.717, 1.165) is 5.56 Å². The number of hydrogen-bond donors (Lipinski definition) is 3. The number of hydrogen-bond acceptors (Lipinski definition) is 3. The highest BCUT2D eigenvalue weighted by Crippen LogP contribution is 2.25. The van der Waals surface area contributed by atoms with Crippen molar-refractivity contribution >= 4 is 28.3 Å². The second kappa shape index (κ2) is 5.44. The van der Waals surface area contributed by atoms with Gasteiger partial charge >= 0.3 is 0 Å². The maximum atomic E-state index is 9.18. The zero-order valence-corrected chi connectivity index (χ0v) is 9.31. The van der Waals surface area contributed by atoms with E-state index < -0.39 is 0 Å². The molecule has 0 radical (unpaired) electrons. The topological polar surface area (TPSA) is 72.3 Å². The van der Waals surface area contributed by atoms with Crippen LogP contribution in [0.4, 0.5) is 0 Å². The molecule has 0 aromatic heterocycles. The van der Waals surface area contributed by atoms with Crippen LogP contribution < -0.4 is 11.5 Å². The molecule has 1 rings (SSSR count). The van der Waals surface area contributed by atoms with Crippen LogP contribution in [0.15, 0.2) is 22.7 Å². The molecule has 0 saturated carbocycles. The molecule has 5 heteroatoms. The second-order valence-corrected chi connectivity index (χ2v) is 3.41. The van der Waals surface area contributed by atoms with Crippen molar-refractivity contribution in [3.05, 3.63) is 28.2 Å². The molecule has 13 heavy (non-hydrogen) atoms. The van der Waals surface area contributed by atoms with Crippen LogP contribution in [0.1, 0.15) is 11.6 Å². The summed E-state index contributed by atoms with van der Waals surface area (Å²) in [6, 6.07) is 4.96. The first kappa shape index (κ1) is 12.7. The lowest BCUT2D eigenvalue weighted by molar-refractivity contribution is 0.471. The third kappa shape index (κ3) is 3.15.